The maximum absolute atomic E-state index is 9.55. The molecule has 2 nitrogen and oxygen atoms in total. The molecule has 1 fully saturated rings. The van der Waals surface area contributed by atoms with Crippen molar-refractivity contribution in [1.29, 1.82) is 0 Å². The predicted molar refractivity (Wildman–Crippen MR) is 81.8 cm³/mol. The van der Waals surface area contributed by atoms with Crippen molar-refractivity contribution in [2.75, 3.05) is 25.1 Å². The Kier molecular flexibility index (Phi) is 4.51. The molecular weight excluding hydrogens is 234 g/mol. The molecule has 1 aliphatic rings. The zero-order valence-corrected chi connectivity index (χ0v) is 12.5. The maximum atomic E-state index is 9.55. The van der Waals surface area contributed by atoms with Gasteiger partial charge in [-0.15, -0.1) is 0 Å². The lowest BCUT2D eigenvalue weighted by atomic mass is 9.69. The molecule has 1 N–H and O–H groups in total. The Hall–Kier alpha value is -1.02. The molecule has 1 saturated carbocycles. The molecule has 2 rings (SSSR count). The van der Waals surface area contributed by atoms with Crippen molar-refractivity contribution in [3.63, 3.8) is 0 Å². The number of aliphatic hydroxyl groups is 1. The minimum atomic E-state index is 0.157. The number of nitrogens with zero attached hydrogens (tertiary/aromatic N) is 1. The molecule has 0 heterocycles. The number of aliphatic hydroxyl groups excluding tert-OH is 1. The second-order valence-corrected chi connectivity index (χ2v) is 6.27. The van der Waals surface area contributed by atoms with Gasteiger partial charge in [0.2, 0.25) is 0 Å². The number of hydrogen-bond donors (Lipinski definition) is 1. The molecule has 0 aliphatic heterocycles. The Bertz CT molecular complexity index is 389. The molecule has 1 aromatic carbocycles. The van der Waals surface area contributed by atoms with E-state index in [0.717, 1.165) is 6.54 Å². The van der Waals surface area contributed by atoms with Gasteiger partial charge in [-0.2, -0.15) is 0 Å². The van der Waals surface area contributed by atoms with Gasteiger partial charge in [-0.3, -0.25) is 0 Å². The van der Waals surface area contributed by atoms with E-state index in [2.05, 4.69) is 50.1 Å². The van der Waals surface area contributed by atoms with Crippen LogP contribution in [-0.4, -0.2) is 25.3 Å². The third-order valence-corrected chi connectivity index (χ3v) is 4.84. The van der Waals surface area contributed by atoms with Crippen molar-refractivity contribution in [3.8, 4) is 0 Å². The summed E-state index contributed by atoms with van der Waals surface area (Å²) < 4.78 is 0. The van der Waals surface area contributed by atoms with E-state index >= 15 is 0 Å². The summed E-state index contributed by atoms with van der Waals surface area (Å²) in [5.74, 6) is 0.634. The van der Waals surface area contributed by atoms with Crippen molar-refractivity contribution in [2.24, 2.45) is 5.41 Å². The molecule has 1 aromatic rings. The average molecular weight is 261 g/mol. The zero-order chi connectivity index (χ0) is 13.9. The van der Waals surface area contributed by atoms with Crippen LogP contribution in [0.4, 0.5) is 5.69 Å². The second-order valence-electron chi connectivity index (χ2n) is 6.27. The fourth-order valence-corrected chi connectivity index (χ4v) is 2.93. The molecule has 0 amide bonds. The summed E-state index contributed by atoms with van der Waals surface area (Å²) in [5, 5.41) is 9.55. The van der Waals surface area contributed by atoms with Crippen LogP contribution in [0.5, 0.6) is 0 Å². The highest BCUT2D eigenvalue weighted by Gasteiger charge is 2.37. The predicted octanol–water partition coefficient (Wildman–Crippen LogP) is 3.80. The van der Waals surface area contributed by atoms with E-state index in [0.29, 0.717) is 12.5 Å². The largest absolute Gasteiger partial charge is 0.396 e. The highest BCUT2D eigenvalue weighted by Crippen LogP contribution is 2.41. The zero-order valence-electron chi connectivity index (χ0n) is 12.5. The smallest absolute Gasteiger partial charge is 0.0504 e. The molecule has 19 heavy (non-hydrogen) atoms. The SMILES string of the molecule is CCC(C)c1ccc(N(C)CC2(CO)CCC2)cc1. The summed E-state index contributed by atoms with van der Waals surface area (Å²) in [5.41, 5.74) is 2.83. The first-order valence-corrected chi connectivity index (χ1v) is 7.52. The van der Waals surface area contributed by atoms with Gasteiger partial charge in [-0.05, 0) is 42.9 Å². The van der Waals surface area contributed by atoms with Crippen LogP contribution in [-0.2, 0) is 0 Å². The first-order valence-electron chi connectivity index (χ1n) is 7.52. The van der Waals surface area contributed by atoms with E-state index < -0.39 is 0 Å². The fourth-order valence-electron chi connectivity index (χ4n) is 2.93. The van der Waals surface area contributed by atoms with E-state index in [1.807, 2.05) is 0 Å². The Morgan fingerprint density at radius 2 is 1.89 bits per heavy atom. The van der Waals surface area contributed by atoms with Gasteiger partial charge in [0, 0.05) is 24.7 Å². The molecule has 1 aliphatic carbocycles. The van der Waals surface area contributed by atoms with Gasteiger partial charge in [-0.25, -0.2) is 0 Å². The molecular formula is C17H27NO. The summed E-state index contributed by atoms with van der Waals surface area (Å²) in [6.45, 7) is 5.79. The number of rotatable bonds is 6. The minimum Gasteiger partial charge on any atom is -0.396 e. The molecule has 106 valence electrons. The van der Waals surface area contributed by atoms with E-state index in [4.69, 9.17) is 0 Å². The van der Waals surface area contributed by atoms with Crippen LogP contribution < -0.4 is 4.90 Å². The topological polar surface area (TPSA) is 23.5 Å². The Morgan fingerprint density at radius 3 is 2.32 bits per heavy atom. The maximum Gasteiger partial charge on any atom is 0.0504 e. The van der Waals surface area contributed by atoms with Gasteiger partial charge in [0.1, 0.15) is 0 Å². The van der Waals surface area contributed by atoms with Crippen LogP contribution >= 0.6 is 0 Å². The minimum absolute atomic E-state index is 0.157. The van der Waals surface area contributed by atoms with Crippen molar-refractivity contribution in [3.05, 3.63) is 29.8 Å². The van der Waals surface area contributed by atoms with Gasteiger partial charge in [-0.1, -0.05) is 32.4 Å². The van der Waals surface area contributed by atoms with Gasteiger partial charge >= 0.3 is 0 Å². The van der Waals surface area contributed by atoms with Crippen molar-refractivity contribution < 1.29 is 5.11 Å². The monoisotopic (exact) mass is 261 g/mol. The van der Waals surface area contributed by atoms with Crippen LogP contribution in [0, 0.1) is 5.41 Å². The molecule has 0 radical (unpaired) electrons. The third-order valence-electron chi connectivity index (χ3n) is 4.84. The lowest BCUT2D eigenvalue weighted by Crippen LogP contribution is -2.43. The molecule has 0 spiro atoms. The van der Waals surface area contributed by atoms with Crippen molar-refractivity contribution in [2.45, 2.75) is 45.4 Å². The average Bonchev–Trinajstić information content (AvgIpc) is 2.42. The Labute approximate surface area is 117 Å². The van der Waals surface area contributed by atoms with E-state index in [1.165, 1.54) is 36.9 Å². The van der Waals surface area contributed by atoms with Gasteiger partial charge in [0.15, 0.2) is 0 Å². The Morgan fingerprint density at radius 1 is 1.26 bits per heavy atom. The number of hydrogen-bond acceptors (Lipinski definition) is 2. The van der Waals surface area contributed by atoms with Crippen LogP contribution in [0.3, 0.4) is 0 Å². The van der Waals surface area contributed by atoms with Gasteiger partial charge < -0.3 is 10.0 Å². The van der Waals surface area contributed by atoms with E-state index in [9.17, 15) is 5.11 Å². The van der Waals surface area contributed by atoms with Crippen molar-refractivity contribution in [1.82, 2.24) is 0 Å². The van der Waals surface area contributed by atoms with Gasteiger partial charge in [0.25, 0.3) is 0 Å². The van der Waals surface area contributed by atoms with Crippen LogP contribution in [0.1, 0.15) is 51.0 Å². The standard InChI is InChI=1S/C17H27NO/c1-4-14(2)15-6-8-16(9-7-15)18(3)12-17(13-19)10-5-11-17/h6-9,14,19H,4-5,10-13H2,1-3H3. The first kappa shape index (κ1) is 14.4. The van der Waals surface area contributed by atoms with Crippen LogP contribution in [0.2, 0.25) is 0 Å². The highest BCUT2D eigenvalue weighted by molar-refractivity contribution is 5.47. The van der Waals surface area contributed by atoms with E-state index in [1.54, 1.807) is 0 Å². The van der Waals surface area contributed by atoms with Crippen molar-refractivity contribution >= 4 is 5.69 Å². The molecule has 0 saturated heterocycles. The number of benzene rings is 1. The van der Waals surface area contributed by atoms with Crippen LogP contribution in [0.15, 0.2) is 24.3 Å². The first-order chi connectivity index (χ1) is 9.10. The summed E-state index contributed by atoms with van der Waals surface area (Å²) >= 11 is 0. The molecule has 2 heteroatoms. The summed E-state index contributed by atoms with van der Waals surface area (Å²) in [6.07, 6.45) is 4.78. The van der Waals surface area contributed by atoms with Gasteiger partial charge in [0.05, 0.1) is 6.61 Å². The summed E-state index contributed by atoms with van der Waals surface area (Å²) in [7, 11) is 2.13. The number of anilines is 1. The summed E-state index contributed by atoms with van der Waals surface area (Å²) in [4.78, 5) is 2.29. The van der Waals surface area contributed by atoms with E-state index in [-0.39, 0.29) is 5.41 Å². The molecule has 1 atom stereocenters. The fraction of sp³-hybridized carbons (Fsp3) is 0.647. The molecule has 0 bridgehead atoms. The normalized spacial score (nSPS) is 18.7. The third kappa shape index (κ3) is 3.11. The lowest BCUT2D eigenvalue weighted by molar-refractivity contribution is 0.0524. The molecule has 0 aromatic heterocycles. The van der Waals surface area contributed by atoms with Crippen LogP contribution in [0.25, 0.3) is 0 Å². The molecule has 1 unspecified atom stereocenters. The quantitative estimate of drug-likeness (QED) is 0.842. The Balaban J connectivity index is 2.01. The highest BCUT2D eigenvalue weighted by atomic mass is 16.3. The second kappa shape index (κ2) is 5.96. The lowest BCUT2D eigenvalue weighted by Gasteiger charge is -2.43. The summed E-state index contributed by atoms with van der Waals surface area (Å²) in [6, 6.07) is 8.91.